The van der Waals surface area contributed by atoms with Gasteiger partial charge in [0.05, 0.1) is 0 Å². The van der Waals surface area contributed by atoms with Crippen molar-refractivity contribution < 1.29 is 9.59 Å². The minimum atomic E-state index is -0.282. The predicted molar refractivity (Wildman–Crippen MR) is 91.6 cm³/mol. The molecule has 2 N–H and O–H groups in total. The average Bonchev–Trinajstić information content (AvgIpc) is 2.55. The maximum Gasteiger partial charge on any atom is 0.319 e. The molecule has 1 fully saturated rings. The number of amides is 3. The molecule has 5 nitrogen and oxygen atoms in total. The first-order valence-corrected chi connectivity index (χ1v) is 8.40. The van der Waals surface area contributed by atoms with E-state index in [0.717, 1.165) is 30.2 Å². The minimum absolute atomic E-state index is 0.0612. The first-order chi connectivity index (χ1) is 10.6. The highest BCUT2D eigenvalue weighted by atomic mass is 32.2. The summed E-state index contributed by atoms with van der Waals surface area (Å²) in [5.41, 5.74) is 2.24. The lowest BCUT2D eigenvalue weighted by Gasteiger charge is -2.26. The van der Waals surface area contributed by atoms with E-state index >= 15 is 0 Å². The van der Waals surface area contributed by atoms with Gasteiger partial charge in [0.2, 0.25) is 0 Å². The maximum atomic E-state index is 12.4. The van der Waals surface area contributed by atoms with Crippen LogP contribution in [0.15, 0.2) is 30.9 Å². The minimum Gasteiger partial charge on any atom is -0.337 e. The van der Waals surface area contributed by atoms with Gasteiger partial charge in [-0.15, -0.1) is 6.58 Å². The van der Waals surface area contributed by atoms with E-state index < -0.39 is 0 Å². The number of benzene rings is 1. The number of urea groups is 1. The zero-order valence-corrected chi connectivity index (χ0v) is 13.5. The Morgan fingerprint density at radius 1 is 1.36 bits per heavy atom. The first-order valence-electron chi connectivity index (χ1n) is 7.25. The quantitative estimate of drug-likeness (QED) is 0.838. The van der Waals surface area contributed by atoms with Crippen molar-refractivity contribution >= 4 is 29.4 Å². The molecule has 0 radical (unpaired) electrons. The Morgan fingerprint density at radius 2 is 2.09 bits per heavy atom. The molecule has 1 aliphatic rings. The Balaban J connectivity index is 2.03. The number of carbonyl (C=O) groups is 2. The number of rotatable bonds is 4. The zero-order valence-electron chi connectivity index (χ0n) is 12.7. The zero-order chi connectivity index (χ0) is 15.9. The first kappa shape index (κ1) is 16.4. The normalized spacial score (nSPS) is 14.3. The molecule has 3 amide bonds. The van der Waals surface area contributed by atoms with Gasteiger partial charge < -0.3 is 15.5 Å². The van der Waals surface area contributed by atoms with Gasteiger partial charge in [-0.05, 0) is 30.7 Å². The second-order valence-electron chi connectivity index (χ2n) is 5.06. The summed E-state index contributed by atoms with van der Waals surface area (Å²) in [7, 11) is 0. The summed E-state index contributed by atoms with van der Waals surface area (Å²) in [6.45, 7) is 7.43. The number of nitrogens with one attached hydrogen (secondary N) is 2. The molecule has 0 aliphatic carbocycles. The summed E-state index contributed by atoms with van der Waals surface area (Å²) in [6, 6.07) is 5.08. The molecule has 1 aliphatic heterocycles. The fraction of sp³-hybridized carbons (Fsp3) is 0.375. The van der Waals surface area contributed by atoms with Crippen LogP contribution in [0.25, 0.3) is 0 Å². The lowest BCUT2D eigenvalue weighted by molar-refractivity contribution is 0.0772. The van der Waals surface area contributed by atoms with Gasteiger partial charge in [0.25, 0.3) is 5.91 Å². The molecule has 0 spiro atoms. The van der Waals surface area contributed by atoms with Crippen LogP contribution in [0.4, 0.5) is 10.5 Å². The van der Waals surface area contributed by atoms with Gasteiger partial charge in [0.15, 0.2) is 0 Å². The van der Waals surface area contributed by atoms with Crippen molar-refractivity contribution in [3.8, 4) is 0 Å². The number of nitrogens with zero attached hydrogens (tertiary/aromatic N) is 1. The molecule has 1 saturated heterocycles. The molecule has 0 unspecified atom stereocenters. The van der Waals surface area contributed by atoms with Crippen molar-refractivity contribution in [1.29, 1.82) is 0 Å². The Morgan fingerprint density at radius 3 is 2.73 bits per heavy atom. The van der Waals surface area contributed by atoms with Gasteiger partial charge in [-0.3, -0.25) is 4.79 Å². The Hall–Kier alpha value is -1.95. The Labute approximate surface area is 135 Å². The van der Waals surface area contributed by atoms with Gasteiger partial charge in [-0.1, -0.05) is 6.08 Å². The molecule has 22 heavy (non-hydrogen) atoms. The third-order valence-electron chi connectivity index (χ3n) is 3.43. The third-order valence-corrected chi connectivity index (χ3v) is 4.37. The number of aryl methyl sites for hydroxylation is 1. The molecule has 2 rings (SSSR count). The summed E-state index contributed by atoms with van der Waals surface area (Å²) in [5.74, 6) is 2.05. The second-order valence-corrected chi connectivity index (χ2v) is 6.28. The van der Waals surface area contributed by atoms with Crippen LogP contribution >= 0.6 is 11.8 Å². The van der Waals surface area contributed by atoms with Crippen LogP contribution < -0.4 is 10.6 Å². The van der Waals surface area contributed by atoms with Crippen LogP contribution in [0, 0.1) is 6.92 Å². The van der Waals surface area contributed by atoms with Crippen molar-refractivity contribution in [3.63, 3.8) is 0 Å². The fourth-order valence-corrected chi connectivity index (χ4v) is 3.12. The molecule has 0 aromatic heterocycles. The van der Waals surface area contributed by atoms with Gasteiger partial charge >= 0.3 is 6.03 Å². The summed E-state index contributed by atoms with van der Waals surface area (Å²) in [5, 5.41) is 5.42. The molecule has 6 heteroatoms. The van der Waals surface area contributed by atoms with E-state index in [2.05, 4.69) is 17.2 Å². The van der Waals surface area contributed by atoms with Gasteiger partial charge in [-0.2, -0.15) is 11.8 Å². The molecule has 0 saturated carbocycles. The van der Waals surface area contributed by atoms with Crippen LogP contribution in [0.3, 0.4) is 0 Å². The van der Waals surface area contributed by atoms with E-state index in [0.29, 0.717) is 17.8 Å². The third kappa shape index (κ3) is 4.27. The largest absolute Gasteiger partial charge is 0.337 e. The SMILES string of the molecule is C=CCNC(=O)Nc1ccc(C(=O)N2CCSCC2)cc1C. The van der Waals surface area contributed by atoms with E-state index in [1.807, 2.05) is 29.7 Å². The number of anilines is 1. The van der Waals surface area contributed by atoms with E-state index in [1.54, 1.807) is 18.2 Å². The van der Waals surface area contributed by atoms with Crippen LogP contribution in [0.2, 0.25) is 0 Å². The number of carbonyl (C=O) groups excluding carboxylic acids is 2. The van der Waals surface area contributed by atoms with E-state index in [1.165, 1.54) is 0 Å². The standard InChI is InChI=1S/C16H21N3O2S/c1-3-6-17-16(21)18-14-5-4-13(11-12(14)2)15(20)19-7-9-22-10-8-19/h3-5,11H,1,6-10H2,2H3,(H2,17,18,21). The molecule has 1 aromatic carbocycles. The number of hydrogen-bond acceptors (Lipinski definition) is 3. The van der Waals surface area contributed by atoms with Crippen LogP contribution in [-0.4, -0.2) is 48.0 Å². The monoisotopic (exact) mass is 319 g/mol. The molecule has 0 atom stereocenters. The summed E-state index contributed by atoms with van der Waals surface area (Å²) in [6.07, 6.45) is 1.62. The Bertz CT molecular complexity index is 569. The molecular weight excluding hydrogens is 298 g/mol. The molecular formula is C16H21N3O2S. The van der Waals surface area contributed by atoms with Crippen molar-refractivity contribution in [2.75, 3.05) is 36.5 Å². The van der Waals surface area contributed by atoms with E-state index in [4.69, 9.17) is 0 Å². The van der Waals surface area contributed by atoms with Crippen molar-refractivity contribution in [3.05, 3.63) is 42.0 Å². The molecule has 1 aromatic rings. The fourth-order valence-electron chi connectivity index (χ4n) is 2.22. The molecule has 118 valence electrons. The highest BCUT2D eigenvalue weighted by molar-refractivity contribution is 7.99. The number of hydrogen-bond donors (Lipinski definition) is 2. The summed E-state index contributed by atoms with van der Waals surface area (Å²) < 4.78 is 0. The van der Waals surface area contributed by atoms with Crippen LogP contribution in [-0.2, 0) is 0 Å². The highest BCUT2D eigenvalue weighted by Gasteiger charge is 2.19. The highest BCUT2D eigenvalue weighted by Crippen LogP contribution is 2.19. The molecule has 0 bridgehead atoms. The lowest BCUT2D eigenvalue weighted by atomic mass is 10.1. The topological polar surface area (TPSA) is 61.4 Å². The van der Waals surface area contributed by atoms with Crippen molar-refractivity contribution in [2.24, 2.45) is 0 Å². The van der Waals surface area contributed by atoms with Crippen molar-refractivity contribution in [2.45, 2.75) is 6.92 Å². The second kappa shape index (κ2) is 7.89. The summed E-state index contributed by atoms with van der Waals surface area (Å²) >= 11 is 1.87. The lowest BCUT2D eigenvalue weighted by Crippen LogP contribution is -2.37. The van der Waals surface area contributed by atoms with Gasteiger partial charge in [0.1, 0.15) is 0 Å². The van der Waals surface area contributed by atoms with Crippen molar-refractivity contribution in [1.82, 2.24) is 10.2 Å². The van der Waals surface area contributed by atoms with Gasteiger partial charge in [0, 0.05) is 42.4 Å². The predicted octanol–water partition coefficient (Wildman–Crippen LogP) is 2.49. The molecule has 1 heterocycles. The smallest absolute Gasteiger partial charge is 0.319 e. The van der Waals surface area contributed by atoms with Gasteiger partial charge in [-0.25, -0.2) is 4.79 Å². The average molecular weight is 319 g/mol. The van der Waals surface area contributed by atoms with E-state index in [-0.39, 0.29) is 11.9 Å². The number of thioether (sulfide) groups is 1. The van der Waals surface area contributed by atoms with E-state index in [9.17, 15) is 9.59 Å². The maximum absolute atomic E-state index is 12.4. The van der Waals surface area contributed by atoms with Crippen LogP contribution in [0.5, 0.6) is 0 Å². The Kier molecular flexibility index (Phi) is 5.89. The summed E-state index contributed by atoms with van der Waals surface area (Å²) in [4.78, 5) is 26.0. The van der Waals surface area contributed by atoms with Crippen LogP contribution in [0.1, 0.15) is 15.9 Å².